The number of ether oxygens (including phenoxy) is 2. The Morgan fingerprint density at radius 1 is 1.17 bits per heavy atom. The molecule has 1 atom stereocenters. The van der Waals surface area contributed by atoms with Crippen molar-refractivity contribution in [1.82, 2.24) is 0 Å². The van der Waals surface area contributed by atoms with Gasteiger partial charge in [-0.3, -0.25) is 9.59 Å². The maximum Gasteiger partial charge on any atom is 0.311 e. The van der Waals surface area contributed by atoms with Crippen molar-refractivity contribution in [2.24, 2.45) is 5.41 Å². The normalized spacial score (nSPS) is 18.5. The Balaban J connectivity index is 2.66. The van der Waals surface area contributed by atoms with Gasteiger partial charge in [-0.25, -0.2) is 0 Å². The van der Waals surface area contributed by atoms with Crippen molar-refractivity contribution < 1.29 is 19.1 Å². The van der Waals surface area contributed by atoms with Gasteiger partial charge in [-0.1, -0.05) is 26.8 Å². The summed E-state index contributed by atoms with van der Waals surface area (Å²) in [6, 6.07) is 0. The van der Waals surface area contributed by atoms with Crippen LogP contribution in [-0.4, -0.2) is 23.6 Å². The number of carbonyl (C=O) groups is 2. The van der Waals surface area contributed by atoms with Crippen LogP contribution in [0.1, 0.15) is 86.0 Å². The van der Waals surface area contributed by atoms with Gasteiger partial charge in [0.05, 0.1) is 11.8 Å². The number of hydrogen-bond donors (Lipinski definition) is 0. The summed E-state index contributed by atoms with van der Waals surface area (Å²) in [6.07, 6.45) is 5.94. The topological polar surface area (TPSA) is 52.6 Å². The molecule has 1 fully saturated rings. The highest BCUT2D eigenvalue weighted by atomic mass is 16.6. The van der Waals surface area contributed by atoms with E-state index < -0.39 is 17.1 Å². The van der Waals surface area contributed by atoms with Crippen LogP contribution in [0.4, 0.5) is 0 Å². The maximum absolute atomic E-state index is 12.4. The minimum absolute atomic E-state index is 0.108. The van der Waals surface area contributed by atoms with Crippen LogP contribution in [0.3, 0.4) is 0 Å². The van der Waals surface area contributed by atoms with Gasteiger partial charge in [-0.2, -0.15) is 0 Å². The first-order valence-corrected chi connectivity index (χ1v) is 9.25. The lowest BCUT2D eigenvalue weighted by atomic mass is 9.80. The number of esters is 2. The van der Waals surface area contributed by atoms with E-state index in [4.69, 9.17) is 9.47 Å². The van der Waals surface area contributed by atoms with Crippen molar-refractivity contribution in [3.63, 3.8) is 0 Å². The molecule has 0 aliphatic heterocycles. The van der Waals surface area contributed by atoms with Gasteiger partial charge in [-0.05, 0) is 64.9 Å². The molecular formula is C20H34O4. The van der Waals surface area contributed by atoms with Gasteiger partial charge >= 0.3 is 11.9 Å². The maximum atomic E-state index is 12.4. The van der Waals surface area contributed by atoms with Gasteiger partial charge in [0.2, 0.25) is 0 Å². The van der Waals surface area contributed by atoms with E-state index in [0.29, 0.717) is 12.8 Å². The average Bonchev–Trinajstić information content (AvgIpc) is 2.54. The van der Waals surface area contributed by atoms with Crippen LogP contribution in [0, 0.1) is 5.41 Å². The van der Waals surface area contributed by atoms with E-state index in [-0.39, 0.29) is 18.4 Å². The Hall–Kier alpha value is -1.32. The summed E-state index contributed by atoms with van der Waals surface area (Å²) in [4.78, 5) is 24.7. The molecule has 0 radical (unpaired) electrons. The van der Waals surface area contributed by atoms with Crippen LogP contribution in [-0.2, 0) is 19.1 Å². The molecule has 138 valence electrons. The monoisotopic (exact) mass is 338 g/mol. The van der Waals surface area contributed by atoms with Crippen molar-refractivity contribution in [2.75, 3.05) is 0 Å². The van der Waals surface area contributed by atoms with Crippen molar-refractivity contribution >= 4 is 11.9 Å². The van der Waals surface area contributed by atoms with Gasteiger partial charge in [-0.15, -0.1) is 0 Å². The fraction of sp³-hybridized carbons (Fsp3) is 0.800. The first kappa shape index (κ1) is 20.7. The molecule has 4 heteroatoms. The van der Waals surface area contributed by atoms with Crippen LogP contribution >= 0.6 is 0 Å². The molecule has 0 aromatic heterocycles. The third-order valence-electron chi connectivity index (χ3n) is 5.31. The Morgan fingerprint density at radius 2 is 1.75 bits per heavy atom. The van der Waals surface area contributed by atoms with Crippen LogP contribution < -0.4 is 0 Å². The lowest BCUT2D eigenvalue weighted by Crippen LogP contribution is -2.39. The molecule has 0 saturated heterocycles. The fourth-order valence-corrected chi connectivity index (χ4v) is 2.91. The van der Waals surface area contributed by atoms with Gasteiger partial charge in [0.25, 0.3) is 0 Å². The quantitative estimate of drug-likeness (QED) is 0.464. The molecule has 0 N–H and O–H groups in total. The third-order valence-corrected chi connectivity index (χ3v) is 5.31. The molecular weight excluding hydrogens is 304 g/mol. The van der Waals surface area contributed by atoms with Crippen molar-refractivity contribution in [1.29, 1.82) is 0 Å². The molecule has 1 rings (SSSR count). The molecule has 1 saturated carbocycles. The minimum atomic E-state index is -0.528. The second-order valence-corrected chi connectivity index (χ2v) is 7.69. The fourth-order valence-electron chi connectivity index (χ4n) is 2.91. The lowest BCUT2D eigenvalue weighted by Gasteiger charge is -2.37. The number of rotatable bonds is 8. The van der Waals surface area contributed by atoms with Crippen molar-refractivity contribution in [2.45, 2.75) is 97.7 Å². The molecule has 1 aliphatic carbocycles. The van der Waals surface area contributed by atoms with Gasteiger partial charge in [0.1, 0.15) is 11.7 Å². The van der Waals surface area contributed by atoms with Gasteiger partial charge in [0.15, 0.2) is 0 Å². The Kier molecular flexibility index (Phi) is 7.50. The van der Waals surface area contributed by atoms with Crippen LogP contribution in [0.25, 0.3) is 0 Å². The predicted octanol–water partition coefficient (Wildman–Crippen LogP) is 4.96. The SMILES string of the molecule is C=C(C)C1(OC(=O)CC(CC)OC(=O)C(C)(C)CC)CCCCC1. The molecule has 24 heavy (non-hydrogen) atoms. The first-order chi connectivity index (χ1) is 11.2. The molecule has 0 spiro atoms. The summed E-state index contributed by atoms with van der Waals surface area (Å²) in [5.41, 5.74) is -0.146. The van der Waals surface area contributed by atoms with Crippen LogP contribution in [0.5, 0.6) is 0 Å². The lowest BCUT2D eigenvalue weighted by molar-refractivity contribution is -0.168. The van der Waals surface area contributed by atoms with E-state index in [1.165, 1.54) is 6.42 Å². The summed E-state index contributed by atoms with van der Waals surface area (Å²) in [5.74, 6) is -0.550. The molecule has 0 aromatic carbocycles. The second-order valence-electron chi connectivity index (χ2n) is 7.69. The number of carbonyl (C=O) groups excluding carboxylic acids is 2. The predicted molar refractivity (Wildman–Crippen MR) is 95.6 cm³/mol. The molecule has 1 aliphatic rings. The first-order valence-electron chi connectivity index (χ1n) is 9.25. The Bertz CT molecular complexity index is 458. The molecule has 0 amide bonds. The zero-order valence-corrected chi connectivity index (χ0v) is 16.1. The highest BCUT2D eigenvalue weighted by Crippen LogP contribution is 2.37. The molecule has 4 nitrogen and oxygen atoms in total. The van der Waals surface area contributed by atoms with Crippen LogP contribution in [0.2, 0.25) is 0 Å². The van der Waals surface area contributed by atoms with E-state index in [1.807, 2.05) is 34.6 Å². The summed E-state index contributed by atoms with van der Waals surface area (Å²) in [6.45, 7) is 13.6. The largest absolute Gasteiger partial charge is 0.461 e. The molecule has 0 aromatic rings. The molecule has 0 heterocycles. The van der Waals surface area contributed by atoms with E-state index in [9.17, 15) is 9.59 Å². The standard InChI is InChI=1S/C20H34O4/c1-7-16(23-18(22)19(5,6)8-2)14-17(21)24-20(15(3)4)12-10-9-11-13-20/h16H,3,7-14H2,1-2,4-6H3. The van der Waals surface area contributed by atoms with E-state index in [0.717, 1.165) is 31.3 Å². The van der Waals surface area contributed by atoms with Gasteiger partial charge in [0, 0.05) is 0 Å². The highest BCUT2D eigenvalue weighted by molar-refractivity contribution is 5.77. The van der Waals surface area contributed by atoms with E-state index in [2.05, 4.69) is 6.58 Å². The third kappa shape index (κ3) is 5.35. The second kappa shape index (κ2) is 8.68. The van der Waals surface area contributed by atoms with E-state index in [1.54, 1.807) is 0 Å². The van der Waals surface area contributed by atoms with Crippen molar-refractivity contribution in [3.05, 3.63) is 12.2 Å². The molecule has 0 bridgehead atoms. The zero-order chi connectivity index (χ0) is 18.4. The Labute approximate surface area is 147 Å². The molecule has 1 unspecified atom stereocenters. The Morgan fingerprint density at radius 3 is 2.21 bits per heavy atom. The summed E-state index contributed by atoms with van der Waals surface area (Å²) in [5, 5.41) is 0. The highest BCUT2D eigenvalue weighted by Gasteiger charge is 2.37. The summed E-state index contributed by atoms with van der Waals surface area (Å²) in [7, 11) is 0. The number of hydrogen-bond acceptors (Lipinski definition) is 4. The van der Waals surface area contributed by atoms with Gasteiger partial charge < -0.3 is 9.47 Å². The minimum Gasteiger partial charge on any atom is -0.461 e. The smallest absolute Gasteiger partial charge is 0.311 e. The zero-order valence-electron chi connectivity index (χ0n) is 16.1. The summed E-state index contributed by atoms with van der Waals surface area (Å²) < 4.78 is 11.4. The average molecular weight is 338 g/mol. The van der Waals surface area contributed by atoms with Crippen molar-refractivity contribution in [3.8, 4) is 0 Å². The van der Waals surface area contributed by atoms with Crippen LogP contribution in [0.15, 0.2) is 12.2 Å². The van der Waals surface area contributed by atoms with E-state index >= 15 is 0 Å². The summed E-state index contributed by atoms with van der Waals surface area (Å²) >= 11 is 0.